The summed E-state index contributed by atoms with van der Waals surface area (Å²) in [6.07, 6.45) is 0. The van der Waals surface area contributed by atoms with Gasteiger partial charge in [-0.3, -0.25) is 9.78 Å². The van der Waals surface area contributed by atoms with E-state index in [1.807, 2.05) is 35.4 Å². The van der Waals surface area contributed by atoms with Crippen LogP contribution in [0.5, 0.6) is 0 Å². The van der Waals surface area contributed by atoms with Gasteiger partial charge in [-0.05, 0) is 36.4 Å². The van der Waals surface area contributed by atoms with Crippen LogP contribution in [0.4, 0.5) is 0 Å². The van der Waals surface area contributed by atoms with Crippen molar-refractivity contribution in [2.24, 2.45) is 11.8 Å². The molecular weight excluding hydrogens is 296 g/mol. The summed E-state index contributed by atoms with van der Waals surface area (Å²) >= 11 is 1.64. The van der Waals surface area contributed by atoms with E-state index in [4.69, 9.17) is 0 Å². The van der Waals surface area contributed by atoms with Crippen LogP contribution >= 0.6 is 11.3 Å². The van der Waals surface area contributed by atoms with E-state index in [1.165, 1.54) is 0 Å². The van der Waals surface area contributed by atoms with Gasteiger partial charge in [0.05, 0.1) is 17.0 Å². The Morgan fingerprint density at radius 2 is 2.23 bits per heavy atom. The molecule has 1 fully saturated rings. The van der Waals surface area contributed by atoms with Gasteiger partial charge in [0.2, 0.25) is 0 Å². The number of nitrogens with zero attached hydrogens (tertiary/aromatic N) is 2. The van der Waals surface area contributed by atoms with E-state index in [9.17, 15) is 9.90 Å². The fourth-order valence-electron chi connectivity index (χ4n) is 2.97. The molecule has 22 heavy (non-hydrogen) atoms. The number of amides is 1. The second-order valence-corrected chi connectivity index (χ2v) is 6.75. The third-order valence-electron chi connectivity index (χ3n) is 4.42. The third kappa shape index (κ3) is 2.78. The number of hydrogen-bond donors (Lipinski definition) is 1. The maximum atomic E-state index is 12.7. The number of aliphatic hydroxyl groups is 1. The van der Waals surface area contributed by atoms with E-state index in [1.54, 1.807) is 11.3 Å². The van der Waals surface area contributed by atoms with Crippen molar-refractivity contribution in [2.45, 2.75) is 13.8 Å². The summed E-state index contributed by atoms with van der Waals surface area (Å²) < 4.78 is 0. The molecule has 1 aliphatic heterocycles. The van der Waals surface area contributed by atoms with Gasteiger partial charge in [0, 0.05) is 36.6 Å². The quantitative estimate of drug-likeness (QED) is 0.947. The summed E-state index contributed by atoms with van der Waals surface area (Å²) in [5, 5.41) is 13.4. The minimum absolute atomic E-state index is 0.0182. The zero-order valence-corrected chi connectivity index (χ0v) is 13.6. The molecule has 1 N–H and O–H groups in total. The average Bonchev–Trinajstić information content (AvgIpc) is 3.15. The molecule has 2 aromatic rings. The van der Waals surface area contributed by atoms with Gasteiger partial charge in [-0.15, -0.1) is 0 Å². The molecule has 2 aromatic heterocycles. The molecule has 0 spiro atoms. The number of carbonyl (C=O) groups is 1. The number of likely N-dealkylation sites (tertiary alicyclic amines) is 1. The molecule has 0 aliphatic carbocycles. The molecular formula is C17H20N2O2S. The van der Waals surface area contributed by atoms with Crippen LogP contribution in [0.25, 0.3) is 11.3 Å². The van der Waals surface area contributed by atoms with E-state index in [0.29, 0.717) is 24.6 Å². The van der Waals surface area contributed by atoms with Crippen molar-refractivity contribution in [3.8, 4) is 11.3 Å². The summed E-state index contributed by atoms with van der Waals surface area (Å²) in [4.78, 5) is 19.1. The Morgan fingerprint density at radius 3 is 2.82 bits per heavy atom. The number of carbonyl (C=O) groups excluding carboxylic acids is 1. The maximum Gasteiger partial charge on any atom is 0.255 e. The van der Waals surface area contributed by atoms with Crippen LogP contribution < -0.4 is 0 Å². The summed E-state index contributed by atoms with van der Waals surface area (Å²) in [5.74, 6) is 0.541. The van der Waals surface area contributed by atoms with Crippen molar-refractivity contribution in [1.29, 1.82) is 0 Å². The number of rotatable bonds is 3. The van der Waals surface area contributed by atoms with Gasteiger partial charge in [0.15, 0.2) is 0 Å². The first-order valence-electron chi connectivity index (χ1n) is 7.50. The number of aryl methyl sites for hydroxylation is 1. The molecule has 0 bridgehead atoms. The van der Waals surface area contributed by atoms with E-state index >= 15 is 0 Å². The molecule has 3 rings (SSSR count). The van der Waals surface area contributed by atoms with Crippen LogP contribution in [-0.4, -0.2) is 40.6 Å². The second kappa shape index (κ2) is 6.18. The van der Waals surface area contributed by atoms with Crippen LogP contribution in [-0.2, 0) is 0 Å². The van der Waals surface area contributed by atoms with Crippen molar-refractivity contribution in [1.82, 2.24) is 9.88 Å². The summed E-state index contributed by atoms with van der Waals surface area (Å²) in [6.45, 7) is 5.43. The van der Waals surface area contributed by atoms with E-state index < -0.39 is 0 Å². The normalized spacial score (nSPS) is 21.3. The van der Waals surface area contributed by atoms with Gasteiger partial charge in [-0.25, -0.2) is 0 Å². The Balaban J connectivity index is 1.82. The second-order valence-electron chi connectivity index (χ2n) is 5.97. The highest BCUT2D eigenvalue weighted by Crippen LogP contribution is 2.26. The molecule has 3 heterocycles. The number of thiophene rings is 1. The Bertz CT molecular complexity index is 669. The van der Waals surface area contributed by atoms with Crippen LogP contribution in [0.3, 0.4) is 0 Å². The molecule has 2 atom stereocenters. The lowest BCUT2D eigenvalue weighted by Crippen LogP contribution is -2.30. The highest BCUT2D eigenvalue weighted by molar-refractivity contribution is 7.08. The Hall–Kier alpha value is -1.72. The molecule has 1 saturated heterocycles. The van der Waals surface area contributed by atoms with Gasteiger partial charge in [0.25, 0.3) is 5.91 Å². The minimum atomic E-state index is 0.0182. The predicted molar refractivity (Wildman–Crippen MR) is 87.9 cm³/mol. The van der Waals surface area contributed by atoms with Gasteiger partial charge >= 0.3 is 0 Å². The molecule has 4 nitrogen and oxygen atoms in total. The van der Waals surface area contributed by atoms with Gasteiger partial charge in [-0.2, -0.15) is 11.3 Å². The summed E-state index contributed by atoms with van der Waals surface area (Å²) in [7, 11) is 0. The Labute approximate surface area is 134 Å². The molecule has 116 valence electrons. The van der Waals surface area contributed by atoms with E-state index in [-0.39, 0.29) is 18.4 Å². The average molecular weight is 316 g/mol. The van der Waals surface area contributed by atoms with Gasteiger partial charge in [-0.1, -0.05) is 6.92 Å². The topological polar surface area (TPSA) is 53.4 Å². The standard InChI is InChI=1S/C17H20N2O2S/c1-11-7-19(8-14(11)9-20)17(21)15-3-4-16(18-12(15)2)13-5-6-22-10-13/h3-6,10-11,14,20H,7-9H2,1-2H3/t11-,14+/m1/s1. The number of hydrogen-bond acceptors (Lipinski definition) is 4. The molecule has 0 radical (unpaired) electrons. The SMILES string of the molecule is Cc1nc(-c2ccsc2)ccc1C(=O)N1C[C@@H](CO)[C@H](C)C1. The fourth-order valence-corrected chi connectivity index (χ4v) is 3.62. The number of aromatic nitrogens is 1. The van der Waals surface area contributed by atoms with Crippen molar-refractivity contribution in [3.63, 3.8) is 0 Å². The number of pyridine rings is 1. The highest BCUT2D eigenvalue weighted by atomic mass is 32.1. The first-order valence-corrected chi connectivity index (χ1v) is 8.44. The van der Waals surface area contributed by atoms with Crippen LogP contribution in [0.1, 0.15) is 23.0 Å². The largest absolute Gasteiger partial charge is 0.396 e. The van der Waals surface area contributed by atoms with Crippen molar-refractivity contribution >= 4 is 17.2 Å². The third-order valence-corrected chi connectivity index (χ3v) is 5.11. The Kier molecular flexibility index (Phi) is 4.27. The van der Waals surface area contributed by atoms with Crippen molar-refractivity contribution in [2.75, 3.05) is 19.7 Å². The van der Waals surface area contributed by atoms with Crippen molar-refractivity contribution in [3.05, 3.63) is 40.2 Å². The molecule has 0 unspecified atom stereocenters. The lowest BCUT2D eigenvalue weighted by atomic mass is 10.00. The summed E-state index contributed by atoms with van der Waals surface area (Å²) in [6, 6.07) is 5.81. The molecule has 1 amide bonds. The summed E-state index contributed by atoms with van der Waals surface area (Å²) in [5.41, 5.74) is 3.40. The monoisotopic (exact) mass is 316 g/mol. The van der Waals surface area contributed by atoms with Crippen LogP contribution in [0.2, 0.25) is 0 Å². The van der Waals surface area contributed by atoms with E-state index in [0.717, 1.165) is 17.0 Å². The first-order chi connectivity index (χ1) is 10.6. The molecule has 5 heteroatoms. The van der Waals surface area contributed by atoms with E-state index in [2.05, 4.69) is 17.3 Å². The maximum absolute atomic E-state index is 12.7. The zero-order valence-electron chi connectivity index (χ0n) is 12.8. The van der Waals surface area contributed by atoms with Crippen LogP contribution in [0.15, 0.2) is 29.0 Å². The zero-order chi connectivity index (χ0) is 15.7. The lowest BCUT2D eigenvalue weighted by Gasteiger charge is -2.17. The van der Waals surface area contributed by atoms with Crippen LogP contribution in [0, 0.1) is 18.8 Å². The minimum Gasteiger partial charge on any atom is -0.396 e. The van der Waals surface area contributed by atoms with Gasteiger partial charge < -0.3 is 10.0 Å². The first kappa shape index (κ1) is 15.2. The van der Waals surface area contributed by atoms with Gasteiger partial charge in [0.1, 0.15) is 0 Å². The van der Waals surface area contributed by atoms with Crippen molar-refractivity contribution < 1.29 is 9.90 Å². The number of aliphatic hydroxyl groups excluding tert-OH is 1. The lowest BCUT2D eigenvalue weighted by molar-refractivity contribution is 0.0779. The Morgan fingerprint density at radius 1 is 1.41 bits per heavy atom. The highest BCUT2D eigenvalue weighted by Gasteiger charge is 2.32. The molecule has 0 saturated carbocycles. The smallest absolute Gasteiger partial charge is 0.255 e. The molecule has 1 aliphatic rings. The fraction of sp³-hybridized carbons (Fsp3) is 0.412. The molecule has 0 aromatic carbocycles. The predicted octanol–water partition coefficient (Wildman–Crippen LogP) is 2.82.